The Morgan fingerprint density at radius 2 is 1.73 bits per heavy atom. The van der Waals surface area contributed by atoms with Gasteiger partial charge in [-0.05, 0) is 106 Å². The Kier molecular flexibility index (Phi) is 14.5. The van der Waals surface area contributed by atoms with Crippen LogP contribution < -0.4 is 0 Å². The van der Waals surface area contributed by atoms with E-state index in [2.05, 4.69) is 81.4 Å². The van der Waals surface area contributed by atoms with E-state index in [9.17, 15) is 4.79 Å². The SMILES string of the molecule is C=C(CCN(CC(C)C)C(=O)OC(C)(C)C)C/C(C(=C)C)=C(C(C)=NC)\C(I)=C/C(C)C1CCCCC1. The summed E-state index contributed by atoms with van der Waals surface area (Å²) in [4.78, 5) is 19.2. The van der Waals surface area contributed by atoms with Gasteiger partial charge in [0.25, 0.3) is 0 Å². The fourth-order valence-corrected chi connectivity index (χ4v) is 6.15. The highest BCUT2D eigenvalue weighted by Gasteiger charge is 2.24. The fourth-order valence-electron chi connectivity index (χ4n) is 4.87. The van der Waals surface area contributed by atoms with Crippen molar-refractivity contribution in [1.82, 2.24) is 4.90 Å². The summed E-state index contributed by atoms with van der Waals surface area (Å²) in [6.45, 7) is 26.5. The van der Waals surface area contributed by atoms with E-state index in [-0.39, 0.29) is 6.09 Å². The summed E-state index contributed by atoms with van der Waals surface area (Å²) >= 11 is 2.50. The molecule has 1 rings (SSSR count). The highest BCUT2D eigenvalue weighted by atomic mass is 127. The Hall–Kier alpha value is -1.37. The third-order valence-electron chi connectivity index (χ3n) is 6.95. The maximum Gasteiger partial charge on any atom is 0.410 e. The first kappa shape index (κ1) is 33.7. The zero-order valence-electron chi connectivity index (χ0n) is 25.2. The molecule has 0 aliphatic heterocycles. The van der Waals surface area contributed by atoms with E-state index in [0.29, 0.717) is 24.9 Å². The molecule has 5 heteroatoms. The molecule has 0 radical (unpaired) electrons. The number of aliphatic imine (C=N–C) groups is 1. The molecular weight excluding hydrogens is 571 g/mol. The quantitative estimate of drug-likeness (QED) is 0.0939. The molecule has 1 saturated carbocycles. The molecule has 0 saturated heterocycles. The van der Waals surface area contributed by atoms with Crippen LogP contribution in [0.1, 0.15) is 100 Å². The van der Waals surface area contributed by atoms with Crippen LogP contribution in [0.25, 0.3) is 0 Å². The smallest absolute Gasteiger partial charge is 0.410 e. The second-order valence-corrected chi connectivity index (χ2v) is 13.4. The first-order chi connectivity index (χ1) is 17.2. The van der Waals surface area contributed by atoms with Crippen LogP contribution in [0.15, 0.2) is 50.1 Å². The molecule has 0 bridgehead atoms. The average molecular weight is 625 g/mol. The molecule has 1 amide bonds. The Morgan fingerprint density at radius 3 is 2.22 bits per heavy atom. The predicted octanol–water partition coefficient (Wildman–Crippen LogP) is 9.71. The van der Waals surface area contributed by atoms with Crippen LogP contribution in [-0.2, 0) is 4.74 Å². The van der Waals surface area contributed by atoms with Gasteiger partial charge in [-0.2, -0.15) is 0 Å². The standard InChI is InChI=1S/C32H53IN2O2/c1-22(2)21-35(31(36)37-32(8,9)10)18-17-24(5)19-28(23(3)4)30(26(7)34-11)29(33)20-25(6)27-15-13-12-14-16-27/h20,22,25,27H,3,5,12-19,21H2,1-2,4,6-11H3/b29-20+,30-28+,34-26?. The van der Waals surface area contributed by atoms with Crippen molar-refractivity contribution >= 4 is 34.4 Å². The first-order valence-electron chi connectivity index (χ1n) is 14.0. The fraction of sp³-hybridized carbons (Fsp3) is 0.688. The van der Waals surface area contributed by atoms with Gasteiger partial charge in [0.2, 0.25) is 0 Å². The van der Waals surface area contributed by atoms with E-state index in [1.54, 1.807) is 0 Å². The molecule has 0 aromatic heterocycles. The zero-order chi connectivity index (χ0) is 28.3. The van der Waals surface area contributed by atoms with Crippen LogP contribution in [0.2, 0.25) is 0 Å². The summed E-state index contributed by atoms with van der Waals surface area (Å²) in [5.41, 5.74) is 5.02. The molecule has 4 nitrogen and oxygen atoms in total. The third-order valence-corrected chi connectivity index (χ3v) is 7.85. The van der Waals surface area contributed by atoms with Crippen LogP contribution in [0.3, 0.4) is 0 Å². The van der Waals surface area contributed by atoms with Crippen molar-refractivity contribution in [2.45, 2.75) is 106 Å². The number of amides is 1. The van der Waals surface area contributed by atoms with Crippen LogP contribution in [0, 0.1) is 17.8 Å². The second-order valence-electron chi connectivity index (χ2n) is 12.2. The Balaban J connectivity index is 3.15. The molecule has 0 aromatic rings. The van der Waals surface area contributed by atoms with E-state index < -0.39 is 5.60 Å². The first-order valence-corrected chi connectivity index (χ1v) is 15.1. The second kappa shape index (κ2) is 15.9. The van der Waals surface area contributed by atoms with E-state index >= 15 is 0 Å². The normalized spacial score (nSPS) is 17.4. The minimum absolute atomic E-state index is 0.256. The van der Waals surface area contributed by atoms with Gasteiger partial charge in [0.15, 0.2) is 0 Å². The van der Waals surface area contributed by atoms with E-state index in [1.165, 1.54) is 46.8 Å². The summed E-state index contributed by atoms with van der Waals surface area (Å²) in [5.74, 6) is 1.67. The molecule has 1 aliphatic rings. The lowest BCUT2D eigenvalue weighted by atomic mass is 9.80. The highest BCUT2D eigenvalue weighted by Crippen LogP contribution is 2.36. The number of rotatable bonds is 12. The summed E-state index contributed by atoms with van der Waals surface area (Å²) in [6.07, 6.45) is 10.4. The molecule has 1 fully saturated rings. The number of ether oxygens (including phenoxy) is 1. The molecule has 1 aliphatic carbocycles. The molecule has 37 heavy (non-hydrogen) atoms. The third kappa shape index (κ3) is 12.4. The van der Waals surface area contributed by atoms with Crippen LogP contribution in [0.5, 0.6) is 0 Å². The van der Waals surface area contributed by atoms with Crippen molar-refractivity contribution in [1.29, 1.82) is 0 Å². The van der Waals surface area contributed by atoms with Crippen molar-refractivity contribution in [3.05, 3.63) is 45.1 Å². The van der Waals surface area contributed by atoms with Crippen molar-refractivity contribution in [2.24, 2.45) is 22.7 Å². The number of hydrogen-bond donors (Lipinski definition) is 0. The number of nitrogens with zero attached hydrogens (tertiary/aromatic N) is 2. The van der Waals surface area contributed by atoms with Gasteiger partial charge >= 0.3 is 6.09 Å². The van der Waals surface area contributed by atoms with Crippen molar-refractivity contribution in [2.75, 3.05) is 20.1 Å². The average Bonchev–Trinajstić information content (AvgIpc) is 2.80. The Labute approximate surface area is 241 Å². The summed E-state index contributed by atoms with van der Waals surface area (Å²) in [5, 5.41) is 0. The largest absolute Gasteiger partial charge is 0.444 e. The topological polar surface area (TPSA) is 41.9 Å². The minimum Gasteiger partial charge on any atom is -0.444 e. The van der Waals surface area contributed by atoms with Gasteiger partial charge in [-0.1, -0.05) is 70.4 Å². The van der Waals surface area contributed by atoms with Crippen LogP contribution >= 0.6 is 22.6 Å². The van der Waals surface area contributed by atoms with E-state index in [1.807, 2.05) is 32.7 Å². The number of hydrogen-bond acceptors (Lipinski definition) is 3. The highest BCUT2D eigenvalue weighted by molar-refractivity contribution is 14.1. The van der Waals surface area contributed by atoms with Crippen LogP contribution in [0.4, 0.5) is 4.79 Å². The predicted molar refractivity (Wildman–Crippen MR) is 170 cm³/mol. The van der Waals surface area contributed by atoms with Gasteiger partial charge in [-0.15, -0.1) is 0 Å². The molecule has 1 atom stereocenters. The molecule has 1 unspecified atom stereocenters. The summed E-state index contributed by atoms with van der Waals surface area (Å²) < 4.78 is 6.91. The summed E-state index contributed by atoms with van der Waals surface area (Å²) in [6, 6.07) is 0. The van der Waals surface area contributed by atoms with Gasteiger partial charge in [0.05, 0.1) is 0 Å². The zero-order valence-corrected chi connectivity index (χ0v) is 27.3. The molecule has 210 valence electrons. The maximum absolute atomic E-state index is 12.8. The molecule has 0 N–H and O–H groups in total. The van der Waals surface area contributed by atoms with Crippen molar-refractivity contribution < 1.29 is 9.53 Å². The Bertz CT molecular complexity index is 883. The lowest BCUT2D eigenvalue weighted by Crippen LogP contribution is -2.39. The molecular formula is C32H53IN2O2. The molecule has 0 spiro atoms. The molecule has 0 aromatic carbocycles. The van der Waals surface area contributed by atoms with Gasteiger partial charge < -0.3 is 9.64 Å². The van der Waals surface area contributed by atoms with E-state index in [0.717, 1.165) is 35.6 Å². The van der Waals surface area contributed by atoms with Gasteiger partial charge in [-0.25, -0.2) is 4.79 Å². The van der Waals surface area contributed by atoms with Crippen molar-refractivity contribution in [3.8, 4) is 0 Å². The van der Waals surface area contributed by atoms with Crippen LogP contribution in [-0.4, -0.2) is 42.4 Å². The number of allylic oxidation sites excluding steroid dienone is 5. The van der Waals surface area contributed by atoms with Gasteiger partial charge in [0.1, 0.15) is 5.60 Å². The molecule has 0 heterocycles. The van der Waals surface area contributed by atoms with Crippen molar-refractivity contribution in [3.63, 3.8) is 0 Å². The lowest BCUT2D eigenvalue weighted by Gasteiger charge is -2.29. The van der Waals surface area contributed by atoms with Gasteiger partial charge in [-0.3, -0.25) is 4.99 Å². The van der Waals surface area contributed by atoms with E-state index in [4.69, 9.17) is 4.74 Å². The monoisotopic (exact) mass is 624 g/mol. The number of halogens is 1. The summed E-state index contributed by atoms with van der Waals surface area (Å²) in [7, 11) is 1.86. The minimum atomic E-state index is -0.511. The number of carbonyl (C=O) groups excluding carboxylic acids is 1. The van der Waals surface area contributed by atoms with Gasteiger partial charge in [0, 0.05) is 35.0 Å². The Morgan fingerprint density at radius 1 is 1.14 bits per heavy atom. The number of carbonyl (C=O) groups is 1. The lowest BCUT2D eigenvalue weighted by molar-refractivity contribution is 0.0230. The maximum atomic E-state index is 12.8.